The molecule has 0 aliphatic rings. The number of carbonyl (C=O) groups is 2. The molecule has 0 fully saturated rings. The standard InChI is InChI=1S/C24H31FN2O2S/c1-5-22(24(29)26-17(2)3)27(14-19-11-7-6-10-18(19)4)23(28)16-30-15-20-12-8-9-13-21(20)25/h6-13,17,22H,5,14-16H2,1-4H3,(H,26,29)/t22-/m0/s1. The van der Waals surface area contributed by atoms with Gasteiger partial charge in [0.1, 0.15) is 11.9 Å². The SMILES string of the molecule is CC[C@@H](C(=O)NC(C)C)N(Cc1ccccc1C)C(=O)CSCc1ccccc1F. The first-order valence-electron chi connectivity index (χ1n) is 10.3. The highest BCUT2D eigenvalue weighted by molar-refractivity contribution is 7.99. The van der Waals surface area contributed by atoms with E-state index in [4.69, 9.17) is 0 Å². The molecule has 0 bridgehead atoms. The van der Waals surface area contributed by atoms with Crippen molar-refractivity contribution >= 4 is 23.6 Å². The van der Waals surface area contributed by atoms with E-state index in [2.05, 4.69) is 5.32 Å². The molecule has 6 heteroatoms. The van der Waals surface area contributed by atoms with Crippen LogP contribution in [0.25, 0.3) is 0 Å². The third-order valence-electron chi connectivity index (χ3n) is 4.86. The molecule has 1 atom stereocenters. The zero-order valence-electron chi connectivity index (χ0n) is 18.2. The van der Waals surface area contributed by atoms with Gasteiger partial charge in [0, 0.05) is 18.3 Å². The van der Waals surface area contributed by atoms with Crippen LogP contribution in [0.1, 0.15) is 43.9 Å². The number of amides is 2. The summed E-state index contributed by atoms with van der Waals surface area (Å²) >= 11 is 1.36. The number of hydrogen-bond donors (Lipinski definition) is 1. The second-order valence-corrected chi connectivity index (χ2v) is 8.61. The molecule has 4 nitrogen and oxygen atoms in total. The highest BCUT2D eigenvalue weighted by Gasteiger charge is 2.29. The van der Waals surface area contributed by atoms with Crippen molar-refractivity contribution in [3.05, 3.63) is 71.0 Å². The zero-order valence-corrected chi connectivity index (χ0v) is 19.0. The summed E-state index contributed by atoms with van der Waals surface area (Å²) < 4.78 is 13.9. The van der Waals surface area contributed by atoms with Crippen LogP contribution in [-0.4, -0.2) is 34.6 Å². The highest BCUT2D eigenvalue weighted by atomic mass is 32.2. The fourth-order valence-electron chi connectivity index (χ4n) is 3.22. The number of halogens is 1. The molecule has 2 rings (SSSR count). The van der Waals surface area contributed by atoms with Crippen LogP contribution >= 0.6 is 11.8 Å². The Hall–Kier alpha value is -2.34. The predicted octanol–water partition coefficient (Wildman–Crippen LogP) is 4.70. The van der Waals surface area contributed by atoms with Crippen molar-refractivity contribution in [2.75, 3.05) is 5.75 Å². The lowest BCUT2D eigenvalue weighted by atomic mass is 10.1. The van der Waals surface area contributed by atoms with Gasteiger partial charge in [-0.05, 0) is 49.9 Å². The summed E-state index contributed by atoms with van der Waals surface area (Å²) in [4.78, 5) is 27.6. The van der Waals surface area contributed by atoms with Crippen molar-refractivity contribution < 1.29 is 14.0 Å². The van der Waals surface area contributed by atoms with Gasteiger partial charge in [0.15, 0.2) is 0 Å². The largest absolute Gasteiger partial charge is 0.352 e. The van der Waals surface area contributed by atoms with E-state index in [0.717, 1.165) is 11.1 Å². The van der Waals surface area contributed by atoms with Crippen molar-refractivity contribution in [2.24, 2.45) is 0 Å². The molecule has 0 aromatic heterocycles. The van der Waals surface area contributed by atoms with Gasteiger partial charge in [-0.15, -0.1) is 11.8 Å². The molecule has 2 aromatic rings. The maximum Gasteiger partial charge on any atom is 0.243 e. The molecule has 0 saturated carbocycles. The third-order valence-corrected chi connectivity index (χ3v) is 5.83. The molecule has 0 aliphatic heterocycles. The van der Waals surface area contributed by atoms with Gasteiger partial charge in [-0.3, -0.25) is 9.59 Å². The summed E-state index contributed by atoms with van der Waals surface area (Å²) in [5.74, 6) is 0.0629. The van der Waals surface area contributed by atoms with Crippen LogP contribution in [0.15, 0.2) is 48.5 Å². The quantitative estimate of drug-likeness (QED) is 0.594. The zero-order chi connectivity index (χ0) is 22.1. The molecule has 0 radical (unpaired) electrons. The lowest BCUT2D eigenvalue weighted by Gasteiger charge is -2.31. The van der Waals surface area contributed by atoms with Gasteiger partial charge in [0.05, 0.1) is 5.75 Å². The normalized spacial score (nSPS) is 11.9. The Kier molecular flexibility index (Phi) is 9.37. The third kappa shape index (κ3) is 6.87. The van der Waals surface area contributed by atoms with E-state index in [9.17, 15) is 14.0 Å². The smallest absolute Gasteiger partial charge is 0.243 e. The van der Waals surface area contributed by atoms with Gasteiger partial charge in [-0.2, -0.15) is 0 Å². The second kappa shape index (κ2) is 11.7. The fraction of sp³-hybridized carbons (Fsp3) is 0.417. The molecule has 30 heavy (non-hydrogen) atoms. The highest BCUT2D eigenvalue weighted by Crippen LogP contribution is 2.20. The molecular weight excluding hydrogens is 399 g/mol. The van der Waals surface area contributed by atoms with Crippen molar-refractivity contribution in [1.82, 2.24) is 10.2 Å². The molecule has 0 saturated heterocycles. The van der Waals surface area contributed by atoms with E-state index in [1.165, 1.54) is 17.8 Å². The molecule has 162 valence electrons. The fourth-order valence-corrected chi connectivity index (χ4v) is 4.11. The molecule has 2 amide bonds. The Morgan fingerprint density at radius 1 is 1.07 bits per heavy atom. The maximum atomic E-state index is 13.9. The van der Waals surface area contributed by atoms with Crippen LogP contribution in [0.4, 0.5) is 4.39 Å². The van der Waals surface area contributed by atoms with Crippen molar-refractivity contribution in [1.29, 1.82) is 0 Å². The van der Waals surface area contributed by atoms with Gasteiger partial charge in [0.2, 0.25) is 11.8 Å². The minimum Gasteiger partial charge on any atom is -0.352 e. The van der Waals surface area contributed by atoms with Crippen molar-refractivity contribution in [3.63, 3.8) is 0 Å². The summed E-state index contributed by atoms with van der Waals surface area (Å²) in [7, 11) is 0. The van der Waals surface area contributed by atoms with E-state index in [1.54, 1.807) is 23.1 Å². The average molecular weight is 431 g/mol. The Labute approximate surface area is 183 Å². The van der Waals surface area contributed by atoms with E-state index in [0.29, 0.717) is 24.3 Å². The number of hydrogen-bond acceptors (Lipinski definition) is 3. The molecule has 1 N–H and O–H groups in total. The Bertz CT molecular complexity index is 857. The number of benzene rings is 2. The summed E-state index contributed by atoms with van der Waals surface area (Å²) in [6.45, 7) is 8.09. The minimum absolute atomic E-state index is 0.00241. The van der Waals surface area contributed by atoms with Gasteiger partial charge >= 0.3 is 0 Å². The maximum absolute atomic E-state index is 13.9. The minimum atomic E-state index is -0.548. The van der Waals surface area contributed by atoms with E-state index < -0.39 is 6.04 Å². The first kappa shape index (κ1) is 23.9. The van der Waals surface area contributed by atoms with Gasteiger partial charge in [-0.25, -0.2) is 4.39 Å². The van der Waals surface area contributed by atoms with Crippen molar-refractivity contribution in [3.8, 4) is 0 Å². The topological polar surface area (TPSA) is 49.4 Å². The van der Waals surface area contributed by atoms with E-state index in [-0.39, 0.29) is 29.4 Å². The molecular formula is C24H31FN2O2S. The summed E-state index contributed by atoms with van der Waals surface area (Å²) in [6, 6.07) is 13.9. The summed E-state index contributed by atoms with van der Waals surface area (Å²) in [6.07, 6.45) is 0.522. The van der Waals surface area contributed by atoms with Crippen LogP contribution in [0.3, 0.4) is 0 Å². The van der Waals surface area contributed by atoms with Crippen molar-refractivity contribution in [2.45, 2.75) is 58.5 Å². The van der Waals surface area contributed by atoms with E-state index in [1.807, 2.05) is 52.0 Å². The monoisotopic (exact) mass is 430 g/mol. The van der Waals surface area contributed by atoms with Crippen LogP contribution in [0.2, 0.25) is 0 Å². The predicted molar refractivity (Wildman–Crippen MR) is 122 cm³/mol. The lowest BCUT2D eigenvalue weighted by molar-refractivity contribution is -0.139. The lowest BCUT2D eigenvalue weighted by Crippen LogP contribution is -2.51. The van der Waals surface area contributed by atoms with Crippen LogP contribution in [-0.2, 0) is 21.9 Å². The van der Waals surface area contributed by atoms with Crippen LogP contribution < -0.4 is 5.32 Å². The number of nitrogens with one attached hydrogen (secondary N) is 1. The first-order chi connectivity index (χ1) is 14.3. The first-order valence-corrected chi connectivity index (χ1v) is 11.4. The summed E-state index contributed by atoms with van der Waals surface area (Å²) in [5, 5.41) is 2.93. The van der Waals surface area contributed by atoms with E-state index >= 15 is 0 Å². The number of nitrogens with zero attached hydrogens (tertiary/aromatic N) is 1. The van der Waals surface area contributed by atoms with Gasteiger partial charge in [-0.1, -0.05) is 49.4 Å². The second-order valence-electron chi connectivity index (χ2n) is 7.62. The average Bonchev–Trinajstić information content (AvgIpc) is 2.70. The molecule has 0 spiro atoms. The Morgan fingerprint density at radius 3 is 2.30 bits per heavy atom. The molecule has 0 heterocycles. The number of rotatable bonds is 10. The molecule has 0 unspecified atom stereocenters. The number of aryl methyl sites for hydroxylation is 1. The Morgan fingerprint density at radius 2 is 1.70 bits per heavy atom. The van der Waals surface area contributed by atoms with Gasteiger partial charge < -0.3 is 10.2 Å². The summed E-state index contributed by atoms with van der Waals surface area (Å²) in [5.41, 5.74) is 2.67. The molecule has 2 aromatic carbocycles. The Balaban J connectivity index is 2.16. The van der Waals surface area contributed by atoms with Crippen LogP contribution in [0, 0.1) is 12.7 Å². The molecule has 0 aliphatic carbocycles. The van der Waals surface area contributed by atoms with Gasteiger partial charge in [0.25, 0.3) is 0 Å². The number of carbonyl (C=O) groups excluding carboxylic acids is 2. The number of thioether (sulfide) groups is 1. The van der Waals surface area contributed by atoms with Crippen LogP contribution in [0.5, 0.6) is 0 Å².